The molecule has 1 fully saturated rings. The van der Waals surface area contributed by atoms with Crippen molar-refractivity contribution in [2.24, 2.45) is 5.92 Å². The first-order valence-electron chi connectivity index (χ1n) is 10.2. The van der Waals surface area contributed by atoms with Gasteiger partial charge in [-0.3, -0.25) is 19.8 Å². The molecule has 0 saturated heterocycles. The van der Waals surface area contributed by atoms with Crippen LogP contribution < -0.4 is 0 Å². The van der Waals surface area contributed by atoms with Crippen molar-refractivity contribution in [1.29, 1.82) is 0 Å². The Morgan fingerprint density at radius 2 is 1.93 bits per heavy atom. The highest BCUT2D eigenvalue weighted by atomic mass is 19.1. The molecule has 0 atom stereocenters. The third-order valence-electron chi connectivity index (χ3n) is 5.70. The third kappa shape index (κ3) is 5.41. The lowest BCUT2D eigenvalue weighted by Crippen LogP contribution is -2.42. The molecule has 0 radical (unpaired) electrons. The van der Waals surface area contributed by atoms with Gasteiger partial charge in [0.05, 0.1) is 16.9 Å². The maximum Gasteiger partial charge on any atom is 0.309 e. The van der Waals surface area contributed by atoms with Crippen LogP contribution >= 0.6 is 0 Å². The largest absolute Gasteiger partial charge is 0.460 e. The van der Waals surface area contributed by atoms with Crippen molar-refractivity contribution < 1.29 is 18.8 Å². The molecule has 2 aliphatic rings. The minimum Gasteiger partial charge on any atom is -0.460 e. The van der Waals surface area contributed by atoms with E-state index in [9.17, 15) is 19.3 Å². The molecule has 1 saturated carbocycles. The average Bonchev–Trinajstić information content (AvgIpc) is 2.67. The van der Waals surface area contributed by atoms with Gasteiger partial charge in [0.15, 0.2) is 0 Å². The Labute approximate surface area is 170 Å². The number of ether oxygens (including phenoxy) is 1. The number of non-ortho nitro benzene ring substituents is 1. The number of benzene rings is 1. The minimum atomic E-state index is -0.586. The Bertz CT molecular complexity index is 808. The lowest BCUT2D eigenvalue weighted by Gasteiger charge is -2.38. The molecule has 1 aromatic rings. The monoisotopic (exact) mass is 404 g/mol. The van der Waals surface area contributed by atoms with E-state index in [1.165, 1.54) is 12.1 Å². The van der Waals surface area contributed by atoms with E-state index in [-0.39, 0.29) is 17.6 Å². The number of nitro benzene ring substituents is 1. The second kappa shape index (κ2) is 8.61. The second-order valence-corrected chi connectivity index (χ2v) is 8.93. The van der Waals surface area contributed by atoms with Crippen molar-refractivity contribution in [3.63, 3.8) is 0 Å². The normalized spacial score (nSPS) is 23.4. The van der Waals surface area contributed by atoms with Crippen LogP contribution in [0.2, 0.25) is 0 Å². The van der Waals surface area contributed by atoms with Gasteiger partial charge < -0.3 is 4.74 Å². The smallest absolute Gasteiger partial charge is 0.309 e. The van der Waals surface area contributed by atoms with Crippen LogP contribution in [0.1, 0.15) is 58.4 Å². The summed E-state index contributed by atoms with van der Waals surface area (Å²) in [5.41, 5.74) is 0.667. The number of nitrogens with zero attached hydrogens (tertiary/aromatic N) is 2. The highest BCUT2D eigenvalue weighted by Gasteiger charge is 2.32. The van der Waals surface area contributed by atoms with Crippen molar-refractivity contribution in [3.8, 4) is 0 Å². The van der Waals surface area contributed by atoms with Crippen LogP contribution in [0.15, 0.2) is 24.3 Å². The van der Waals surface area contributed by atoms with Crippen LogP contribution in [0, 0.1) is 21.8 Å². The molecular formula is C22H29FN2O4. The molecule has 0 spiro atoms. The number of hydrogen-bond donors (Lipinski definition) is 0. The lowest BCUT2D eigenvalue weighted by molar-refractivity contribution is -0.385. The summed E-state index contributed by atoms with van der Waals surface area (Å²) in [5.74, 6) is -0.655. The Morgan fingerprint density at radius 3 is 2.45 bits per heavy atom. The maximum atomic E-state index is 14.3. The van der Waals surface area contributed by atoms with Gasteiger partial charge >= 0.3 is 5.97 Å². The Morgan fingerprint density at radius 1 is 1.24 bits per heavy atom. The van der Waals surface area contributed by atoms with Gasteiger partial charge in [0.1, 0.15) is 11.4 Å². The molecule has 0 N–H and O–H groups in total. The van der Waals surface area contributed by atoms with E-state index in [4.69, 9.17) is 4.74 Å². The summed E-state index contributed by atoms with van der Waals surface area (Å²) in [6.45, 7) is 7.23. The highest BCUT2D eigenvalue weighted by Crippen LogP contribution is 2.33. The quantitative estimate of drug-likeness (QED) is 0.412. The number of esters is 1. The summed E-state index contributed by atoms with van der Waals surface area (Å²) in [4.78, 5) is 24.9. The fraction of sp³-hybridized carbons (Fsp3) is 0.591. The van der Waals surface area contributed by atoms with Gasteiger partial charge in [-0.2, -0.15) is 0 Å². The average molecular weight is 404 g/mol. The zero-order valence-corrected chi connectivity index (χ0v) is 17.3. The minimum absolute atomic E-state index is 0.0180. The summed E-state index contributed by atoms with van der Waals surface area (Å²) >= 11 is 0. The summed E-state index contributed by atoms with van der Waals surface area (Å²) in [7, 11) is 0. The van der Waals surface area contributed by atoms with Crippen LogP contribution in [0.3, 0.4) is 0 Å². The SMILES string of the molecule is CC(C)(C)OC(=O)[C@H]1CC[C@H](N2CC=C(c3ccc([N+](=O)[O-])cc3F)CC2)CC1. The van der Waals surface area contributed by atoms with Gasteiger partial charge in [0.2, 0.25) is 0 Å². The molecule has 3 rings (SSSR count). The van der Waals surface area contributed by atoms with E-state index in [1.807, 2.05) is 26.8 Å². The summed E-state index contributed by atoms with van der Waals surface area (Å²) < 4.78 is 19.8. The third-order valence-corrected chi connectivity index (χ3v) is 5.70. The van der Waals surface area contributed by atoms with Crippen LogP contribution in [-0.2, 0) is 9.53 Å². The highest BCUT2D eigenvalue weighted by molar-refractivity contribution is 5.73. The van der Waals surface area contributed by atoms with Gasteiger partial charge in [0, 0.05) is 30.8 Å². The molecule has 6 nitrogen and oxygen atoms in total. The van der Waals surface area contributed by atoms with E-state index in [0.29, 0.717) is 18.0 Å². The van der Waals surface area contributed by atoms with E-state index < -0.39 is 16.3 Å². The van der Waals surface area contributed by atoms with Crippen LogP contribution in [0.25, 0.3) is 5.57 Å². The zero-order chi connectivity index (χ0) is 21.2. The summed E-state index contributed by atoms with van der Waals surface area (Å²) in [6, 6.07) is 4.26. The number of hydrogen-bond acceptors (Lipinski definition) is 5. The van der Waals surface area contributed by atoms with E-state index in [0.717, 1.165) is 50.4 Å². The van der Waals surface area contributed by atoms with Crippen molar-refractivity contribution >= 4 is 17.2 Å². The van der Waals surface area contributed by atoms with Gasteiger partial charge in [0.25, 0.3) is 5.69 Å². The first-order valence-corrected chi connectivity index (χ1v) is 10.2. The van der Waals surface area contributed by atoms with E-state index in [1.54, 1.807) is 0 Å². The van der Waals surface area contributed by atoms with E-state index in [2.05, 4.69) is 4.90 Å². The molecule has 7 heteroatoms. The van der Waals surface area contributed by atoms with Gasteiger partial charge in [-0.05, 0) is 64.5 Å². The fourth-order valence-electron chi connectivity index (χ4n) is 4.20. The molecule has 158 valence electrons. The number of carbonyl (C=O) groups excluding carboxylic acids is 1. The molecule has 0 aromatic heterocycles. The maximum absolute atomic E-state index is 14.3. The molecule has 29 heavy (non-hydrogen) atoms. The first kappa shape index (κ1) is 21.4. The number of halogens is 1. The van der Waals surface area contributed by atoms with Gasteiger partial charge in [-0.1, -0.05) is 6.08 Å². The molecule has 1 aliphatic carbocycles. The van der Waals surface area contributed by atoms with Crippen LogP contribution in [-0.4, -0.2) is 40.5 Å². The molecule has 0 bridgehead atoms. The molecular weight excluding hydrogens is 375 g/mol. The van der Waals surface area contributed by atoms with Crippen molar-refractivity contribution in [1.82, 2.24) is 4.90 Å². The van der Waals surface area contributed by atoms with Gasteiger partial charge in [-0.15, -0.1) is 0 Å². The topological polar surface area (TPSA) is 72.7 Å². The Hall–Kier alpha value is -2.28. The standard InChI is InChI=1S/C22H29FN2O4/c1-22(2,3)29-21(26)16-4-6-17(7-5-16)24-12-10-15(11-13-24)19-9-8-18(25(27)28)14-20(19)23/h8-10,14,16-17H,4-7,11-13H2,1-3H3/t16-,17-. The molecule has 0 unspecified atom stereocenters. The van der Waals surface area contributed by atoms with Crippen LogP contribution in [0.5, 0.6) is 0 Å². The van der Waals surface area contributed by atoms with Crippen molar-refractivity contribution in [2.45, 2.75) is 64.5 Å². The summed E-state index contributed by atoms with van der Waals surface area (Å²) in [6.07, 6.45) is 6.32. The molecule has 1 aliphatic heterocycles. The first-order chi connectivity index (χ1) is 13.6. The molecule has 0 amide bonds. The predicted molar refractivity (Wildman–Crippen MR) is 109 cm³/mol. The number of nitro groups is 1. The Balaban J connectivity index is 1.55. The number of rotatable bonds is 4. The second-order valence-electron chi connectivity index (χ2n) is 8.93. The zero-order valence-electron chi connectivity index (χ0n) is 17.3. The predicted octanol–water partition coefficient (Wildman–Crippen LogP) is 4.72. The molecule has 1 aromatic carbocycles. The summed E-state index contributed by atoms with van der Waals surface area (Å²) in [5, 5.41) is 10.8. The van der Waals surface area contributed by atoms with E-state index >= 15 is 0 Å². The molecule has 1 heterocycles. The Kier molecular flexibility index (Phi) is 6.36. The number of carbonyl (C=O) groups is 1. The fourth-order valence-corrected chi connectivity index (χ4v) is 4.20. The van der Waals surface area contributed by atoms with Gasteiger partial charge in [-0.25, -0.2) is 4.39 Å². The van der Waals surface area contributed by atoms with Crippen molar-refractivity contribution in [3.05, 3.63) is 45.8 Å². The lowest BCUT2D eigenvalue weighted by atomic mass is 9.84. The van der Waals surface area contributed by atoms with Crippen molar-refractivity contribution in [2.75, 3.05) is 13.1 Å². The van der Waals surface area contributed by atoms with Crippen LogP contribution in [0.4, 0.5) is 10.1 Å².